The van der Waals surface area contributed by atoms with Gasteiger partial charge in [0, 0.05) is 6.61 Å². The molecule has 0 fully saturated rings. The minimum atomic E-state index is -0.908. The van der Waals surface area contributed by atoms with Gasteiger partial charge in [0.05, 0.1) is 0 Å². The van der Waals surface area contributed by atoms with Crippen LogP contribution in [-0.2, 0) is 16.0 Å². The summed E-state index contributed by atoms with van der Waals surface area (Å²) in [7, 11) is 0. The van der Waals surface area contributed by atoms with Crippen LogP contribution in [0.5, 0.6) is 0 Å². The maximum atomic E-state index is 10.4. The number of rotatable bonds is 6. The van der Waals surface area contributed by atoms with Crippen molar-refractivity contribution >= 4 is 5.97 Å². The summed E-state index contributed by atoms with van der Waals surface area (Å²) in [5.41, 5.74) is 1.25. The molecular formula is C12H16O3. The lowest BCUT2D eigenvalue weighted by Gasteiger charge is -2.07. The third kappa shape index (κ3) is 4.61. The number of carbonyl (C=O) groups is 1. The average Bonchev–Trinajstić information content (AvgIpc) is 2.25. The summed E-state index contributed by atoms with van der Waals surface area (Å²) in [5, 5.41) is 8.57. The predicted molar refractivity (Wildman–Crippen MR) is 57.8 cm³/mol. The Hall–Kier alpha value is -1.35. The third-order valence-electron chi connectivity index (χ3n) is 2.17. The lowest BCUT2D eigenvalue weighted by Crippen LogP contribution is -2.20. The molecule has 0 amide bonds. The molecule has 0 aliphatic carbocycles. The van der Waals surface area contributed by atoms with Crippen LogP contribution in [0.15, 0.2) is 30.3 Å². The number of carboxylic acid groups (broad SMARTS) is 1. The van der Waals surface area contributed by atoms with Crippen LogP contribution in [0.1, 0.15) is 18.9 Å². The Morgan fingerprint density at radius 3 is 2.67 bits per heavy atom. The molecule has 0 aliphatic rings. The van der Waals surface area contributed by atoms with Crippen LogP contribution in [0.2, 0.25) is 0 Å². The number of hydrogen-bond donors (Lipinski definition) is 1. The van der Waals surface area contributed by atoms with Crippen LogP contribution in [-0.4, -0.2) is 23.8 Å². The zero-order chi connectivity index (χ0) is 11.1. The van der Waals surface area contributed by atoms with Crippen molar-refractivity contribution in [3.63, 3.8) is 0 Å². The van der Waals surface area contributed by atoms with Gasteiger partial charge in [-0.1, -0.05) is 30.3 Å². The molecule has 82 valence electrons. The second-order valence-corrected chi connectivity index (χ2v) is 3.44. The van der Waals surface area contributed by atoms with Gasteiger partial charge in [0.25, 0.3) is 0 Å². The van der Waals surface area contributed by atoms with Gasteiger partial charge in [-0.15, -0.1) is 0 Å². The fraction of sp³-hybridized carbons (Fsp3) is 0.417. The SMILES string of the molecule is C[C@@H](OCCCc1ccccc1)C(=O)O. The Balaban J connectivity index is 2.15. The van der Waals surface area contributed by atoms with E-state index in [1.54, 1.807) is 6.92 Å². The smallest absolute Gasteiger partial charge is 0.332 e. The van der Waals surface area contributed by atoms with Crippen molar-refractivity contribution in [1.29, 1.82) is 0 Å². The monoisotopic (exact) mass is 208 g/mol. The summed E-state index contributed by atoms with van der Waals surface area (Å²) in [5.74, 6) is -0.908. The molecule has 0 saturated carbocycles. The van der Waals surface area contributed by atoms with Gasteiger partial charge < -0.3 is 9.84 Å². The standard InChI is InChI=1S/C12H16O3/c1-10(12(13)14)15-9-5-8-11-6-3-2-4-7-11/h2-4,6-7,10H,5,8-9H2,1H3,(H,13,14)/t10-/m1/s1. The Bertz CT molecular complexity index is 295. The Labute approximate surface area is 89.7 Å². The normalized spacial score (nSPS) is 12.3. The molecule has 1 N–H and O–H groups in total. The highest BCUT2D eigenvalue weighted by atomic mass is 16.5. The molecule has 3 heteroatoms. The van der Waals surface area contributed by atoms with Gasteiger partial charge >= 0.3 is 5.97 Å². The fourth-order valence-electron chi connectivity index (χ4n) is 1.25. The number of hydrogen-bond acceptors (Lipinski definition) is 2. The van der Waals surface area contributed by atoms with E-state index in [-0.39, 0.29) is 0 Å². The first kappa shape index (κ1) is 11.7. The average molecular weight is 208 g/mol. The molecule has 0 saturated heterocycles. The number of carboxylic acids is 1. The molecule has 1 rings (SSSR count). The predicted octanol–water partition coefficient (Wildman–Crippen LogP) is 2.11. The van der Waals surface area contributed by atoms with Crippen LogP contribution in [0.4, 0.5) is 0 Å². The minimum Gasteiger partial charge on any atom is -0.479 e. The summed E-state index contributed by atoms with van der Waals surface area (Å²) in [6.07, 6.45) is 1.07. The van der Waals surface area contributed by atoms with Crippen molar-refractivity contribution in [3.05, 3.63) is 35.9 Å². The van der Waals surface area contributed by atoms with E-state index in [1.807, 2.05) is 18.2 Å². The Morgan fingerprint density at radius 1 is 1.40 bits per heavy atom. The largest absolute Gasteiger partial charge is 0.479 e. The summed E-state index contributed by atoms with van der Waals surface area (Å²) in [6.45, 7) is 2.03. The molecule has 0 radical (unpaired) electrons. The van der Waals surface area contributed by atoms with Crippen molar-refractivity contribution in [2.45, 2.75) is 25.9 Å². The van der Waals surface area contributed by atoms with E-state index < -0.39 is 12.1 Å². The van der Waals surface area contributed by atoms with Crippen LogP contribution in [0.3, 0.4) is 0 Å². The molecular weight excluding hydrogens is 192 g/mol. The number of aliphatic carboxylic acids is 1. The van der Waals surface area contributed by atoms with Gasteiger partial charge in [-0.2, -0.15) is 0 Å². The molecule has 0 bridgehead atoms. The topological polar surface area (TPSA) is 46.5 Å². The highest BCUT2D eigenvalue weighted by Crippen LogP contribution is 2.03. The second kappa shape index (κ2) is 6.19. The highest BCUT2D eigenvalue weighted by molar-refractivity contribution is 5.71. The summed E-state index contributed by atoms with van der Waals surface area (Å²) >= 11 is 0. The Kier molecular flexibility index (Phi) is 4.84. The summed E-state index contributed by atoms with van der Waals surface area (Å²) < 4.78 is 5.13. The van der Waals surface area contributed by atoms with E-state index in [1.165, 1.54) is 5.56 Å². The van der Waals surface area contributed by atoms with Gasteiger partial charge in [-0.25, -0.2) is 4.79 Å². The molecule has 1 aromatic rings. The summed E-state index contributed by atoms with van der Waals surface area (Å²) in [4.78, 5) is 10.4. The van der Waals surface area contributed by atoms with E-state index in [9.17, 15) is 4.79 Å². The van der Waals surface area contributed by atoms with Crippen LogP contribution in [0, 0.1) is 0 Å². The molecule has 0 aromatic heterocycles. The molecule has 0 spiro atoms. The highest BCUT2D eigenvalue weighted by Gasteiger charge is 2.09. The summed E-state index contributed by atoms with van der Waals surface area (Å²) in [6, 6.07) is 10.1. The molecule has 1 atom stereocenters. The van der Waals surface area contributed by atoms with Crippen molar-refractivity contribution in [1.82, 2.24) is 0 Å². The lowest BCUT2D eigenvalue weighted by molar-refractivity contribution is -0.149. The molecule has 0 unspecified atom stereocenters. The van der Waals surface area contributed by atoms with Crippen LogP contribution >= 0.6 is 0 Å². The fourth-order valence-corrected chi connectivity index (χ4v) is 1.25. The van der Waals surface area contributed by atoms with E-state index in [0.717, 1.165) is 12.8 Å². The third-order valence-corrected chi connectivity index (χ3v) is 2.17. The van der Waals surface area contributed by atoms with Crippen LogP contribution < -0.4 is 0 Å². The van der Waals surface area contributed by atoms with Crippen molar-refractivity contribution in [2.24, 2.45) is 0 Å². The van der Waals surface area contributed by atoms with E-state index >= 15 is 0 Å². The molecule has 1 aromatic carbocycles. The quantitative estimate of drug-likeness (QED) is 0.728. The first-order valence-corrected chi connectivity index (χ1v) is 5.08. The Morgan fingerprint density at radius 2 is 2.07 bits per heavy atom. The zero-order valence-electron chi connectivity index (χ0n) is 8.85. The van der Waals surface area contributed by atoms with E-state index in [4.69, 9.17) is 9.84 Å². The molecule has 0 heterocycles. The molecule has 15 heavy (non-hydrogen) atoms. The van der Waals surface area contributed by atoms with Crippen molar-refractivity contribution < 1.29 is 14.6 Å². The number of benzene rings is 1. The van der Waals surface area contributed by atoms with Crippen molar-refractivity contribution in [2.75, 3.05) is 6.61 Å². The minimum absolute atomic E-state index is 0.488. The van der Waals surface area contributed by atoms with Gasteiger partial charge in [-0.05, 0) is 25.3 Å². The second-order valence-electron chi connectivity index (χ2n) is 3.44. The first-order chi connectivity index (χ1) is 7.20. The van der Waals surface area contributed by atoms with E-state index in [0.29, 0.717) is 6.61 Å². The number of ether oxygens (including phenoxy) is 1. The number of aryl methyl sites for hydroxylation is 1. The van der Waals surface area contributed by atoms with Crippen LogP contribution in [0.25, 0.3) is 0 Å². The maximum absolute atomic E-state index is 10.4. The molecule has 0 aliphatic heterocycles. The van der Waals surface area contributed by atoms with Gasteiger partial charge in [0.2, 0.25) is 0 Å². The maximum Gasteiger partial charge on any atom is 0.332 e. The van der Waals surface area contributed by atoms with Crippen molar-refractivity contribution in [3.8, 4) is 0 Å². The van der Waals surface area contributed by atoms with E-state index in [2.05, 4.69) is 12.1 Å². The first-order valence-electron chi connectivity index (χ1n) is 5.08. The lowest BCUT2D eigenvalue weighted by atomic mass is 10.1. The molecule has 3 nitrogen and oxygen atoms in total. The zero-order valence-corrected chi connectivity index (χ0v) is 8.85. The van der Waals surface area contributed by atoms with Gasteiger partial charge in [0.1, 0.15) is 0 Å². The van der Waals surface area contributed by atoms with Gasteiger partial charge in [-0.3, -0.25) is 0 Å². The van der Waals surface area contributed by atoms with Gasteiger partial charge in [0.15, 0.2) is 6.10 Å².